The van der Waals surface area contributed by atoms with Crippen LogP contribution in [0, 0.1) is 0 Å². The molecule has 1 aliphatic heterocycles. The lowest BCUT2D eigenvalue weighted by atomic mass is 10.0. The van der Waals surface area contributed by atoms with E-state index in [-0.39, 0.29) is 0 Å². The number of nitrogens with zero attached hydrogens (tertiary/aromatic N) is 2. The number of hydrogen-bond acceptors (Lipinski definition) is 4. The minimum atomic E-state index is 0.739. The molecule has 1 aromatic rings. The molecule has 0 aromatic heterocycles. The summed E-state index contributed by atoms with van der Waals surface area (Å²) in [5, 5.41) is 0. The highest BCUT2D eigenvalue weighted by molar-refractivity contribution is 5.41. The van der Waals surface area contributed by atoms with Crippen LogP contribution < -0.4 is 10.5 Å². The van der Waals surface area contributed by atoms with Crippen molar-refractivity contribution in [1.29, 1.82) is 0 Å². The molecule has 0 aliphatic carbocycles. The van der Waals surface area contributed by atoms with Gasteiger partial charge in [0, 0.05) is 18.3 Å². The van der Waals surface area contributed by atoms with E-state index in [0.717, 1.165) is 37.1 Å². The standard InChI is InChI=1S/C16H27N3O/c1-18-11-8-15(9-12-18)19(2)10-3-13-20-16-6-4-14(17)5-7-16/h4-7,15H,3,8-13,17H2,1-2H3. The van der Waals surface area contributed by atoms with Crippen LogP contribution in [0.2, 0.25) is 0 Å². The molecule has 20 heavy (non-hydrogen) atoms. The third-order valence-corrected chi connectivity index (χ3v) is 4.12. The van der Waals surface area contributed by atoms with Crippen molar-refractivity contribution in [3.05, 3.63) is 24.3 Å². The van der Waals surface area contributed by atoms with Crippen molar-refractivity contribution in [2.45, 2.75) is 25.3 Å². The van der Waals surface area contributed by atoms with Crippen molar-refractivity contribution in [3.8, 4) is 5.75 Å². The number of anilines is 1. The van der Waals surface area contributed by atoms with Gasteiger partial charge in [-0.3, -0.25) is 0 Å². The minimum absolute atomic E-state index is 0.739. The molecule has 0 bridgehead atoms. The number of nitrogen functional groups attached to an aromatic ring is 1. The molecule has 1 heterocycles. The first-order valence-corrected chi connectivity index (χ1v) is 7.52. The van der Waals surface area contributed by atoms with Crippen molar-refractivity contribution in [2.24, 2.45) is 0 Å². The molecule has 1 aliphatic rings. The van der Waals surface area contributed by atoms with E-state index in [4.69, 9.17) is 10.5 Å². The lowest BCUT2D eigenvalue weighted by molar-refractivity contribution is 0.137. The van der Waals surface area contributed by atoms with Crippen LogP contribution in [0.25, 0.3) is 0 Å². The number of benzene rings is 1. The van der Waals surface area contributed by atoms with Crippen LogP contribution in [-0.2, 0) is 0 Å². The molecule has 2 N–H and O–H groups in total. The van der Waals surface area contributed by atoms with Crippen molar-refractivity contribution in [1.82, 2.24) is 9.80 Å². The van der Waals surface area contributed by atoms with Crippen LogP contribution in [-0.4, -0.2) is 56.2 Å². The summed E-state index contributed by atoms with van der Waals surface area (Å²) in [6, 6.07) is 8.34. The van der Waals surface area contributed by atoms with Gasteiger partial charge < -0.3 is 20.3 Å². The molecule has 112 valence electrons. The fraction of sp³-hybridized carbons (Fsp3) is 0.625. The predicted molar refractivity (Wildman–Crippen MR) is 84.1 cm³/mol. The van der Waals surface area contributed by atoms with Gasteiger partial charge >= 0.3 is 0 Å². The quantitative estimate of drug-likeness (QED) is 0.638. The Kier molecular flexibility index (Phi) is 5.68. The summed E-state index contributed by atoms with van der Waals surface area (Å²) >= 11 is 0. The Hall–Kier alpha value is -1.26. The topological polar surface area (TPSA) is 41.7 Å². The average molecular weight is 277 g/mol. The van der Waals surface area contributed by atoms with Crippen LogP contribution in [0.15, 0.2) is 24.3 Å². The molecule has 4 heteroatoms. The number of rotatable bonds is 6. The minimum Gasteiger partial charge on any atom is -0.494 e. The van der Waals surface area contributed by atoms with E-state index < -0.39 is 0 Å². The lowest BCUT2D eigenvalue weighted by Crippen LogP contribution is -2.42. The molecule has 0 radical (unpaired) electrons. The number of piperidine rings is 1. The van der Waals surface area contributed by atoms with Crippen LogP contribution >= 0.6 is 0 Å². The van der Waals surface area contributed by atoms with Gasteiger partial charge in [0.05, 0.1) is 6.61 Å². The van der Waals surface area contributed by atoms with Gasteiger partial charge in [-0.15, -0.1) is 0 Å². The molecule has 1 aromatic carbocycles. The van der Waals surface area contributed by atoms with E-state index in [1.807, 2.05) is 24.3 Å². The van der Waals surface area contributed by atoms with E-state index in [2.05, 4.69) is 23.9 Å². The first kappa shape index (κ1) is 15.1. The van der Waals surface area contributed by atoms with E-state index >= 15 is 0 Å². The summed E-state index contributed by atoms with van der Waals surface area (Å²) in [5.41, 5.74) is 6.43. The summed E-state index contributed by atoms with van der Waals surface area (Å²) < 4.78 is 5.73. The second-order valence-corrected chi connectivity index (χ2v) is 5.79. The predicted octanol–water partition coefficient (Wildman–Crippen LogP) is 2.06. The van der Waals surface area contributed by atoms with Gasteiger partial charge in [0.15, 0.2) is 0 Å². The van der Waals surface area contributed by atoms with Gasteiger partial charge in [0.1, 0.15) is 5.75 Å². The van der Waals surface area contributed by atoms with Crippen molar-refractivity contribution in [2.75, 3.05) is 46.1 Å². The van der Waals surface area contributed by atoms with Crippen molar-refractivity contribution in [3.63, 3.8) is 0 Å². The zero-order chi connectivity index (χ0) is 14.4. The fourth-order valence-corrected chi connectivity index (χ4v) is 2.69. The van der Waals surface area contributed by atoms with Gasteiger partial charge in [-0.2, -0.15) is 0 Å². The molecule has 2 rings (SSSR count). The molecular formula is C16H27N3O. The summed E-state index contributed by atoms with van der Waals surface area (Å²) in [5.74, 6) is 0.904. The Labute approximate surface area is 122 Å². The largest absolute Gasteiger partial charge is 0.494 e. The number of likely N-dealkylation sites (tertiary alicyclic amines) is 1. The SMILES string of the molecule is CN1CCC(N(C)CCCOc2ccc(N)cc2)CC1. The zero-order valence-electron chi connectivity index (χ0n) is 12.7. The number of nitrogens with two attached hydrogens (primary N) is 1. The highest BCUT2D eigenvalue weighted by Gasteiger charge is 2.19. The summed E-state index contributed by atoms with van der Waals surface area (Å²) in [4.78, 5) is 4.90. The fourth-order valence-electron chi connectivity index (χ4n) is 2.69. The third-order valence-electron chi connectivity index (χ3n) is 4.12. The van der Waals surface area contributed by atoms with Gasteiger partial charge in [-0.25, -0.2) is 0 Å². The van der Waals surface area contributed by atoms with Crippen LogP contribution in [0.4, 0.5) is 5.69 Å². The normalized spacial score (nSPS) is 17.6. The van der Waals surface area contributed by atoms with Crippen molar-refractivity contribution < 1.29 is 4.74 Å². The van der Waals surface area contributed by atoms with E-state index in [0.29, 0.717) is 0 Å². The maximum Gasteiger partial charge on any atom is 0.119 e. The maximum atomic E-state index is 5.73. The van der Waals surface area contributed by atoms with E-state index in [9.17, 15) is 0 Å². The Morgan fingerprint density at radius 2 is 1.90 bits per heavy atom. The third kappa shape index (κ3) is 4.69. The first-order valence-electron chi connectivity index (χ1n) is 7.52. The van der Waals surface area contributed by atoms with Crippen LogP contribution in [0.5, 0.6) is 5.75 Å². The van der Waals surface area contributed by atoms with Gasteiger partial charge in [0.25, 0.3) is 0 Å². The number of hydrogen-bond donors (Lipinski definition) is 1. The molecule has 0 saturated carbocycles. The molecule has 0 atom stereocenters. The summed E-state index contributed by atoms with van der Waals surface area (Å²) in [7, 11) is 4.44. The Balaban J connectivity index is 1.61. The van der Waals surface area contributed by atoms with Gasteiger partial charge in [-0.05, 0) is 70.7 Å². The molecule has 1 saturated heterocycles. The maximum absolute atomic E-state index is 5.73. The van der Waals surface area contributed by atoms with Gasteiger partial charge in [0.2, 0.25) is 0 Å². The smallest absolute Gasteiger partial charge is 0.119 e. The highest BCUT2D eigenvalue weighted by Crippen LogP contribution is 2.15. The van der Waals surface area contributed by atoms with Crippen LogP contribution in [0.1, 0.15) is 19.3 Å². The second kappa shape index (κ2) is 7.50. The average Bonchev–Trinajstić information content (AvgIpc) is 2.46. The monoisotopic (exact) mass is 277 g/mol. The summed E-state index contributed by atoms with van der Waals surface area (Å²) in [6.45, 7) is 4.30. The van der Waals surface area contributed by atoms with Crippen molar-refractivity contribution >= 4 is 5.69 Å². The number of ether oxygens (including phenoxy) is 1. The Morgan fingerprint density at radius 1 is 1.25 bits per heavy atom. The zero-order valence-corrected chi connectivity index (χ0v) is 12.7. The molecule has 4 nitrogen and oxygen atoms in total. The highest BCUT2D eigenvalue weighted by atomic mass is 16.5. The molecule has 0 unspecified atom stereocenters. The van der Waals surface area contributed by atoms with Gasteiger partial charge in [-0.1, -0.05) is 0 Å². The first-order chi connectivity index (χ1) is 9.65. The van der Waals surface area contributed by atoms with E-state index in [1.165, 1.54) is 25.9 Å². The molecular weight excluding hydrogens is 250 g/mol. The lowest BCUT2D eigenvalue weighted by Gasteiger charge is -2.35. The Bertz CT molecular complexity index is 385. The summed E-state index contributed by atoms with van der Waals surface area (Å²) in [6.07, 6.45) is 3.63. The molecule has 0 amide bonds. The molecule has 1 fully saturated rings. The Morgan fingerprint density at radius 3 is 2.55 bits per heavy atom. The van der Waals surface area contributed by atoms with E-state index in [1.54, 1.807) is 0 Å². The van der Waals surface area contributed by atoms with Crippen LogP contribution in [0.3, 0.4) is 0 Å². The molecule has 0 spiro atoms. The second-order valence-electron chi connectivity index (χ2n) is 5.79.